The molecular weight excluding hydrogens is 220 g/mol. The first-order valence-corrected chi connectivity index (χ1v) is 5.81. The topological polar surface area (TPSA) is 60.2 Å². The summed E-state index contributed by atoms with van der Waals surface area (Å²) in [6.45, 7) is 6.31. The lowest BCUT2D eigenvalue weighted by Crippen LogP contribution is -2.38. The maximum absolute atomic E-state index is 12.0. The van der Waals surface area contributed by atoms with E-state index in [0.717, 1.165) is 12.8 Å². The summed E-state index contributed by atoms with van der Waals surface area (Å²) in [5.41, 5.74) is -0.466. The van der Waals surface area contributed by atoms with Gasteiger partial charge in [-0.1, -0.05) is 0 Å². The third-order valence-electron chi connectivity index (χ3n) is 2.59. The van der Waals surface area contributed by atoms with E-state index in [9.17, 15) is 4.79 Å². The molecule has 94 valence electrons. The number of aromatic nitrogens is 3. The second-order valence-electron chi connectivity index (χ2n) is 5.17. The highest BCUT2D eigenvalue weighted by molar-refractivity contribution is 5.68. The fourth-order valence-corrected chi connectivity index (χ4v) is 1.93. The summed E-state index contributed by atoms with van der Waals surface area (Å²) in [6, 6.07) is 0. The van der Waals surface area contributed by atoms with Crippen molar-refractivity contribution in [2.24, 2.45) is 0 Å². The van der Waals surface area contributed by atoms with E-state index in [0.29, 0.717) is 6.54 Å². The molecule has 2 heterocycles. The van der Waals surface area contributed by atoms with Crippen LogP contribution < -0.4 is 0 Å². The molecule has 6 heteroatoms. The van der Waals surface area contributed by atoms with Gasteiger partial charge in [-0.05, 0) is 33.6 Å². The molecule has 1 aromatic heterocycles. The molecule has 1 amide bonds. The molecule has 1 saturated heterocycles. The molecule has 1 aliphatic heterocycles. The Bertz CT molecular complexity index is 383. The first kappa shape index (κ1) is 11.9. The van der Waals surface area contributed by atoms with Crippen LogP contribution in [0.3, 0.4) is 0 Å². The third kappa shape index (κ3) is 2.75. The van der Waals surface area contributed by atoms with Gasteiger partial charge < -0.3 is 4.74 Å². The van der Waals surface area contributed by atoms with Gasteiger partial charge in [-0.3, -0.25) is 4.90 Å². The van der Waals surface area contributed by atoms with Crippen LogP contribution in [0.5, 0.6) is 0 Å². The van der Waals surface area contributed by atoms with Crippen LogP contribution in [0, 0.1) is 0 Å². The van der Waals surface area contributed by atoms with Crippen molar-refractivity contribution in [3.8, 4) is 0 Å². The van der Waals surface area contributed by atoms with E-state index in [4.69, 9.17) is 4.74 Å². The number of likely N-dealkylation sites (tertiary alicyclic amines) is 1. The Balaban J connectivity index is 2.07. The molecule has 1 unspecified atom stereocenters. The van der Waals surface area contributed by atoms with Crippen LogP contribution in [0.15, 0.2) is 12.7 Å². The minimum atomic E-state index is -0.466. The van der Waals surface area contributed by atoms with Gasteiger partial charge in [0, 0.05) is 6.54 Å². The van der Waals surface area contributed by atoms with Crippen LogP contribution in [0.1, 0.15) is 39.8 Å². The van der Waals surface area contributed by atoms with Crippen molar-refractivity contribution in [1.82, 2.24) is 19.7 Å². The number of ether oxygens (including phenoxy) is 1. The third-order valence-corrected chi connectivity index (χ3v) is 2.59. The summed E-state index contributed by atoms with van der Waals surface area (Å²) in [4.78, 5) is 17.6. The Morgan fingerprint density at radius 3 is 2.82 bits per heavy atom. The number of hydrogen-bond acceptors (Lipinski definition) is 4. The van der Waals surface area contributed by atoms with E-state index in [1.165, 1.54) is 6.33 Å². The summed E-state index contributed by atoms with van der Waals surface area (Å²) in [5.74, 6) is 0. The van der Waals surface area contributed by atoms with E-state index >= 15 is 0 Å². The Hall–Kier alpha value is -1.59. The van der Waals surface area contributed by atoms with Crippen LogP contribution >= 0.6 is 0 Å². The number of hydrogen-bond donors (Lipinski definition) is 0. The van der Waals surface area contributed by atoms with E-state index in [-0.39, 0.29) is 12.3 Å². The number of rotatable bonds is 1. The largest absolute Gasteiger partial charge is 0.444 e. The molecule has 1 atom stereocenters. The number of nitrogens with zero attached hydrogens (tertiary/aromatic N) is 4. The molecule has 0 aromatic carbocycles. The number of carbonyl (C=O) groups is 1. The summed E-state index contributed by atoms with van der Waals surface area (Å²) in [5, 5.41) is 4.08. The number of amides is 1. The second kappa shape index (κ2) is 4.35. The van der Waals surface area contributed by atoms with Gasteiger partial charge in [-0.2, -0.15) is 5.10 Å². The predicted molar refractivity (Wildman–Crippen MR) is 61.2 cm³/mol. The molecule has 6 nitrogen and oxygen atoms in total. The van der Waals surface area contributed by atoms with E-state index < -0.39 is 5.60 Å². The molecule has 17 heavy (non-hydrogen) atoms. The van der Waals surface area contributed by atoms with Gasteiger partial charge in [0.05, 0.1) is 0 Å². The molecule has 2 rings (SSSR count). The zero-order valence-corrected chi connectivity index (χ0v) is 10.5. The van der Waals surface area contributed by atoms with Crippen molar-refractivity contribution >= 4 is 6.09 Å². The summed E-state index contributed by atoms with van der Waals surface area (Å²) in [6.07, 6.45) is 4.62. The summed E-state index contributed by atoms with van der Waals surface area (Å²) < 4.78 is 7.08. The van der Waals surface area contributed by atoms with Gasteiger partial charge in [0.25, 0.3) is 0 Å². The van der Waals surface area contributed by atoms with Gasteiger partial charge >= 0.3 is 6.09 Å². The SMILES string of the molecule is CC(C)(C)OC(=O)N1CCCC1n1cncn1. The van der Waals surface area contributed by atoms with Crippen molar-refractivity contribution in [3.63, 3.8) is 0 Å². The normalized spacial score (nSPS) is 20.6. The van der Waals surface area contributed by atoms with Crippen LogP contribution in [0.25, 0.3) is 0 Å². The van der Waals surface area contributed by atoms with Crippen molar-refractivity contribution in [2.45, 2.75) is 45.4 Å². The highest BCUT2D eigenvalue weighted by Crippen LogP contribution is 2.27. The Kier molecular flexibility index (Phi) is 3.04. The lowest BCUT2D eigenvalue weighted by atomic mass is 10.2. The maximum Gasteiger partial charge on any atom is 0.412 e. The first-order valence-electron chi connectivity index (χ1n) is 5.81. The lowest BCUT2D eigenvalue weighted by Gasteiger charge is -2.28. The standard InChI is InChI=1S/C11H18N4O2/c1-11(2,3)17-10(16)14-6-4-5-9(14)15-8-12-7-13-15/h7-9H,4-6H2,1-3H3. The predicted octanol–water partition coefficient (Wildman–Crippen LogP) is 1.81. The summed E-state index contributed by atoms with van der Waals surface area (Å²) in [7, 11) is 0. The van der Waals surface area contributed by atoms with E-state index in [2.05, 4.69) is 10.1 Å². The van der Waals surface area contributed by atoms with E-state index in [1.807, 2.05) is 20.8 Å². The Labute approximate surface area is 101 Å². The minimum absolute atomic E-state index is 0.0626. The molecule has 1 fully saturated rings. The van der Waals surface area contributed by atoms with E-state index in [1.54, 1.807) is 15.9 Å². The molecule has 0 bridgehead atoms. The van der Waals surface area contributed by atoms with Gasteiger partial charge in [0.1, 0.15) is 24.4 Å². The maximum atomic E-state index is 12.0. The quantitative estimate of drug-likeness (QED) is 0.748. The highest BCUT2D eigenvalue weighted by Gasteiger charge is 2.33. The van der Waals surface area contributed by atoms with Gasteiger partial charge in [0.15, 0.2) is 0 Å². The molecular formula is C11H18N4O2. The van der Waals surface area contributed by atoms with Gasteiger partial charge in [0.2, 0.25) is 0 Å². The molecule has 1 aromatic rings. The van der Waals surface area contributed by atoms with Crippen LogP contribution in [-0.2, 0) is 4.74 Å². The van der Waals surface area contributed by atoms with Crippen LogP contribution in [0.4, 0.5) is 4.79 Å². The fraction of sp³-hybridized carbons (Fsp3) is 0.727. The van der Waals surface area contributed by atoms with Crippen molar-refractivity contribution in [2.75, 3.05) is 6.54 Å². The molecule has 0 spiro atoms. The zero-order valence-electron chi connectivity index (χ0n) is 10.5. The average Bonchev–Trinajstić information content (AvgIpc) is 2.85. The van der Waals surface area contributed by atoms with Crippen LogP contribution in [0.2, 0.25) is 0 Å². The molecule has 0 N–H and O–H groups in total. The average molecular weight is 238 g/mol. The smallest absolute Gasteiger partial charge is 0.412 e. The molecule has 0 aliphatic carbocycles. The first-order chi connectivity index (χ1) is 7.97. The lowest BCUT2D eigenvalue weighted by molar-refractivity contribution is 0.0149. The Morgan fingerprint density at radius 1 is 1.47 bits per heavy atom. The van der Waals surface area contributed by atoms with Crippen LogP contribution in [-0.4, -0.2) is 37.9 Å². The molecule has 0 radical (unpaired) electrons. The van der Waals surface area contributed by atoms with Gasteiger partial charge in [-0.25, -0.2) is 14.5 Å². The monoisotopic (exact) mass is 238 g/mol. The highest BCUT2D eigenvalue weighted by atomic mass is 16.6. The fourth-order valence-electron chi connectivity index (χ4n) is 1.93. The molecule has 0 saturated carbocycles. The van der Waals surface area contributed by atoms with Crippen molar-refractivity contribution < 1.29 is 9.53 Å². The van der Waals surface area contributed by atoms with Gasteiger partial charge in [-0.15, -0.1) is 0 Å². The molecule has 1 aliphatic rings. The zero-order chi connectivity index (χ0) is 12.5. The minimum Gasteiger partial charge on any atom is -0.444 e. The number of carbonyl (C=O) groups excluding carboxylic acids is 1. The Morgan fingerprint density at radius 2 is 2.24 bits per heavy atom. The van der Waals surface area contributed by atoms with Crippen molar-refractivity contribution in [3.05, 3.63) is 12.7 Å². The van der Waals surface area contributed by atoms with Crippen molar-refractivity contribution in [1.29, 1.82) is 0 Å². The second-order valence-corrected chi connectivity index (χ2v) is 5.17. The summed E-state index contributed by atoms with van der Waals surface area (Å²) >= 11 is 0.